The number of anilines is 3. The van der Waals surface area contributed by atoms with Crippen LogP contribution in [-0.4, -0.2) is 24.1 Å². The van der Waals surface area contributed by atoms with E-state index in [2.05, 4.69) is 28.6 Å². The number of aliphatic imine (C=N–C) groups is 1. The molecule has 0 spiro atoms. The minimum atomic E-state index is -0.290. The molecule has 0 saturated carbocycles. The fraction of sp³-hybridized carbons (Fsp3) is 0.312. The maximum atomic E-state index is 13.5. The van der Waals surface area contributed by atoms with Crippen molar-refractivity contribution in [1.29, 1.82) is 0 Å². The number of aryl methyl sites for hydroxylation is 1. The number of amidine groups is 1. The second kappa shape index (κ2) is 6.46. The van der Waals surface area contributed by atoms with Gasteiger partial charge >= 0.3 is 0 Å². The molecule has 0 saturated heterocycles. The number of hydrogen-bond donors (Lipinski definition) is 3. The molecule has 2 heterocycles. The third-order valence-electron chi connectivity index (χ3n) is 3.46. The van der Waals surface area contributed by atoms with Gasteiger partial charge in [-0.3, -0.25) is 4.99 Å². The number of aliphatic hydroxyl groups is 1. The fourth-order valence-electron chi connectivity index (χ4n) is 2.32. The third-order valence-corrected chi connectivity index (χ3v) is 4.65. The zero-order valence-electron chi connectivity index (χ0n) is 12.3. The highest BCUT2D eigenvalue weighted by Crippen LogP contribution is 2.37. The summed E-state index contributed by atoms with van der Waals surface area (Å²) in [5.74, 6) is 0.429. The van der Waals surface area contributed by atoms with Crippen LogP contribution in [0.15, 0.2) is 29.3 Å². The summed E-state index contributed by atoms with van der Waals surface area (Å²) >= 11 is 1.68. The number of nitrogens with zero attached hydrogens (tertiary/aromatic N) is 1. The first-order chi connectivity index (χ1) is 10.7. The summed E-state index contributed by atoms with van der Waals surface area (Å²) in [5, 5.41) is 16.5. The van der Waals surface area contributed by atoms with E-state index in [1.165, 1.54) is 17.0 Å². The lowest BCUT2D eigenvalue weighted by molar-refractivity contribution is 0.291. The van der Waals surface area contributed by atoms with Crippen molar-refractivity contribution >= 4 is 33.5 Å². The molecule has 0 bridgehead atoms. The van der Waals surface area contributed by atoms with Gasteiger partial charge in [0.25, 0.3) is 0 Å². The van der Waals surface area contributed by atoms with Gasteiger partial charge in [-0.05, 0) is 37.1 Å². The predicted octanol–water partition coefficient (Wildman–Crippen LogP) is 3.75. The summed E-state index contributed by atoms with van der Waals surface area (Å²) in [6.07, 6.45) is 1.56. The van der Waals surface area contributed by atoms with Gasteiger partial charge in [-0.1, -0.05) is 6.92 Å². The number of aliphatic hydroxyl groups excluding tert-OH is 1. The molecule has 1 aliphatic rings. The van der Waals surface area contributed by atoms with Gasteiger partial charge in [0.2, 0.25) is 0 Å². The normalized spacial score (nSPS) is 14.8. The van der Waals surface area contributed by atoms with Gasteiger partial charge in [0.15, 0.2) is 0 Å². The smallest absolute Gasteiger partial charge is 0.135 e. The van der Waals surface area contributed by atoms with Crippen LogP contribution >= 0.6 is 11.3 Å². The van der Waals surface area contributed by atoms with E-state index in [1.807, 2.05) is 0 Å². The third kappa shape index (κ3) is 2.98. The molecule has 2 aromatic rings. The second-order valence-corrected chi connectivity index (χ2v) is 6.19. The molecule has 0 unspecified atom stereocenters. The largest absolute Gasteiger partial charge is 0.396 e. The van der Waals surface area contributed by atoms with Gasteiger partial charge in [0, 0.05) is 18.0 Å². The monoisotopic (exact) mass is 319 g/mol. The molecule has 0 atom stereocenters. The SMILES string of the molecule is CCc1cc2c(s1)Nc1ccc(F)cc1NC2=NCCCO. The Morgan fingerprint density at radius 2 is 2.09 bits per heavy atom. The van der Waals surface area contributed by atoms with E-state index in [9.17, 15) is 4.39 Å². The molecule has 0 fully saturated rings. The van der Waals surface area contributed by atoms with Crippen LogP contribution < -0.4 is 10.6 Å². The highest BCUT2D eigenvalue weighted by atomic mass is 32.1. The number of halogens is 1. The number of fused-ring (bicyclic) bond motifs is 2. The Balaban J connectivity index is 2.04. The van der Waals surface area contributed by atoms with Crippen LogP contribution in [0.25, 0.3) is 0 Å². The molecule has 0 radical (unpaired) electrons. The van der Waals surface area contributed by atoms with Gasteiger partial charge in [-0.25, -0.2) is 4.39 Å². The highest BCUT2D eigenvalue weighted by Gasteiger charge is 2.20. The topological polar surface area (TPSA) is 56.7 Å². The van der Waals surface area contributed by atoms with Gasteiger partial charge in [0.1, 0.15) is 16.7 Å². The van der Waals surface area contributed by atoms with Crippen LogP contribution in [0, 0.1) is 5.82 Å². The minimum Gasteiger partial charge on any atom is -0.396 e. The molecule has 4 nitrogen and oxygen atoms in total. The second-order valence-electron chi connectivity index (χ2n) is 5.06. The van der Waals surface area contributed by atoms with Crippen LogP contribution in [0.5, 0.6) is 0 Å². The quantitative estimate of drug-likeness (QED) is 0.752. The fourth-order valence-corrected chi connectivity index (χ4v) is 3.33. The van der Waals surface area contributed by atoms with E-state index in [1.54, 1.807) is 17.4 Å². The summed E-state index contributed by atoms with van der Waals surface area (Å²) in [7, 11) is 0. The lowest BCUT2D eigenvalue weighted by Crippen LogP contribution is -2.13. The summed E-state index contributed by atoms with van der Waals surface area (Å²) in [6, 6.07) is 6.74. The molecule has 6 heteroatoms. The average Bonchev–Trinajstić information content (AvgIpc) is 2.86. The van der Waals surface area contributed by atoms with Gasteiger partial charge in [-0.15, -0.1) is 11.3 Å². The van der Waals surface area contributed by atoms with Crippen molar-refractivity contribution in [3.8, 4) is 0 Å². The number of rotatable bonds is 4. The first kappa shape index (κ1) is 15.0. The Kier molecular flexibility index (Phi) is 4.40. The van der Waals surface area contributed by atoms with E-state index in [4.69, 9.17) is 5.11 Å². The lowest BCUT2D eigenvalue weighted by Gasteiger charge is -2.09. The highest BCUT2D eigenvalue weighted by molar-refractivity contribution is 7.16. The van der Waals surface area contributed by atoms with Crippen LogP contribution in [0.1, 0.15) is 23.8 Å². The van der Waals surface area contributed by atoms with Gasteiger partial charge in [0.05, 0.1) is 16.9 Å². The predicted molar refractivity (Wildman–Crippen MR) is 90.1 cm³/mol. The van der Waals surface area contributed by atoms with Crippen molar-refractivity contribution in [2.75, 3.05) is 23.8 Å². The van der Waals surface area contributed by atoms with Gasteiger partial charge < -0.3 is 15.7 Å². The van der Waals surface area contributed by atoms with Crippen LogP contribution in [0.2, 0.25) is 0 Å². The van der Waals surface area contributed by atoms with E-state index < -0.39 is 0 Å². The molecule has 0 amide bonds. The maximum absolute atomic E-state index is 13.5. The zero-order chi connectivity index (χ0) is 15.5. The minimum absolute atomic E-state index is 0.108. The standard InChI is InChI=1S/C16H18FN3OS/c1-2-11-9-12-15(18-6-3-7-21)19-14-8-10(17)4-5-13(14)20-16(12)22-11/h4-5,8-9,20-21H,2-3,6-7H2,1H3,(H,18,19). The Hall–Kier alpha value is -1.92. The molecule has 1 aromatic heterocycles. The van der Waals surface area contributed by atoms with Crippen molar-refractivity contribution in [1.82, 2.24) is 0 Å². The van der Waals surface area contributed by atoms with Crippen molar-refractivity contribution in [3.05, 3.63) is 40.5 Å². The average molecular weight is 319 g/mol. The maximum Gasteiger partial charge on any atom is 0.135 e. The Labute approximate surface area is 132 Å². The van der Waals surface area contributed by atoms with Crippen molar-refractivity contribution in [2.45, 2.75) is 19.8 Å². The molecular weight excluding hydrogens is 301 g/mol. The van der Waals surface area contributed by atoms with E-state index in [-0.39, 0.29) is 12.4 Å². The van der Waals surface area contributed by atoms with Crippen molar-refractivity contribution < 1.29 is 9.50 Å². The first-order valence-corrected chi connectivity index (χ1v) is 8.15. The molecule has 3 N–H and O–H groups in total. The van der Waals surface area contributed by atoms with Crippen LogP contribution in [0.3, 0.4) is 0 Å². The van der Waals surface area contributed by atoms with Crippen LogP contribution in [-0.2, 0) is 6.42 Å². The first-order valence-electron chi connectivity index (χ1n) is 7.33. The molecule has 0 aliphatic carbocycles. The number of hydrogen-bond acceptors (Lipinski definition) is 4. The molecule has 22 heavy (non-hydrogen) atoms. The van der Waals surface area contributed by atoms with E-state index in [0.717, 1.165) is 28.5 Å². The Morgan fingerprint density at radius 1 is 1.23 bits per heavy atom. The molecule has 3 rings (SSSR count). The molecule has 116 valence electrons. The van der Waals surface area contributed by atoms with Crippen molar-refractivity contribution in [3.63, 3.8) is 0 Å². The van der Waals surface area contributed by atoms with Crippen molar-refractivity contribution in [2.24, 2.45) is 4.99 Å². The summed E-state index contributed by atoms with van der Waals surface area (Å²) in [4.78, 5) is 5.80. The summed E-state index contributed by atoms with van der Waals surface area (Å²) < 4.78 is 13.5. The Morgan fingerprint density at radius 3 is 2.86 bits per heavy atom. The zero-order valence-corrected chi connectivity index (χ0v) is 13.1. The van der Waals surface area contributed by atoms with Gasteiger partial charge in [-0.2, -0.15) is 0 Å². The Bertz CT molecular complexity index is 711. The van der Waals surface area contributed by atoms with E-state index >= 15 is 0 Å². The summed E-state index contributed by atoms with van der Waals surface area (Å²) in [6.45, 7) is 2.75. The van der Waals surface area contributed by atoms with Crippen LogP contribution in [0.4, 0.5) is 20.8 Å². The summed E-state index contributed by atoms with van der Waals surface area (Å²) in [5.41, 5.74) is 2.50. The number of benzene rings is 1. The van der Waals surface area contributed by atoms with E-state index in [0.29, 0.717) is 18.7 Å². The number of thiophene rings is 1. The molecule has 1 aromatic carbocycles. The lowest BCUT2D eigenvalue weighted by atomic mass is 10.2. The molecule has 1 aliphatic heterocycles. The number of nitrogens with one attached hydrogen (secondary N) is 2. The molecular formula is C16H18FN3OS.